The van der Waals surface area contributed by atoms with E-state index in [9.17, 15) is 18.3 Å². The van der Waals surface area contributed by atoms with Gasteiger partial charge in [-0.3, -0.25) is 9.10 Å². The van der Waals surface area contributed by atoms with Crippen LogP contribution in [0.1, 0.15) is 24.5 Å². The quantitative estimate of drug-likeness (QED) is 0.836. The van der Waals surface area contributed by atoms with Crippen LogP contribution >= 0.6 is 0 Å². The third kappa shape index (κ3) is 2.94. The van der Waals surface area contributed by atoms with Crippen LogP contribution < -0.4 is 4.31 Å². The van der Waals surface area contributed by atoms with Gasteiger partial charge in [0.2, 0.25) is 10.0 Å². The molecule has 1 atom stereocenters. The zero-order chi connectivity index (χ0) is 14.8. The molecule has 0 bridgehead atoms. The average Bonchev–Trinajstić information content (AvgIpc) is 2.58. The Balaban J connectivity index is 2.41. The van der Waals surface area contributed by atoms with E-state index in [1.54, 1.807) is 24.3 Å². The molecule has 6 nitrogen and oxygen atoms in total. The number of fused-ring (bicyclic) bond motifs is 1. The van der Waals surface area contributed by atoms with Crippen molar-refractivity contribution >= 4 is 21.7 Å². The lowest BCUT2D eigenvalue weighted by Gasteiger charge is -2.24. The van der Waals surface area contributed by atoms with Crippen LogP contribution in [0.4, 0.5) is 5.69 Å². The summed E-state index contributed by atoms with van der Waals surface area (Å²) in [5.41, 5.74) is 1.000. The molecule has 7 heteroatoms. The van der Waals surface area contributed by atoms with Crippen molar-refractivity contribution in [2.75, 3.05) is 23.7 Å². The number of hydrogen-bond donors (Lipinski definition) is 1. The second-order valence-electron chi connectivity index (χ2n) is 4.62. The maximum Gasteiger partial charge on any atom is 0.322 e. The molecule has 0 spiro atoms. The molecule has 0 aliphatic carbocycles. The van der Waals surface area contributed by atoms with Gasteiger partial charge in [-0.2, -0.15) is 0 Å². The number of hydrogen-bond acceptors (Lipinski definition) is 5. The van der Waals surface area contributed by atoms with Crippen molar-refractivity contribution in [2.45, 2.75) is 18.9 Å². The highest BCUT2D eigenvalue weighted by molar-refractivity contribution is 7.93. The summed E-state index contributed by atoms with van der Waals surface area (Å²) in [5.74, 6) is -1.50. The molecule has 1 aromatic rings. The Hall–Kier alpha value is -1.60. The van der Waals surface area contributed by atoms with E-state index in [0.29, 0.717) is 24.1 Å². The molecule has 1 aliphatic heterocycles. The molecule has 0 aromatic heterocycles. The second-order valence-corrected chi connectivity index (χ2v) is 6.51. The van der Waals surface area contributed by atoms with Crippen LogP contribution in [0.25, 0.3) is 0 Å². The summed E-state index contributed by atoms with van der Waals surface area (Å²) >= 11 is 0. The number of esters is 1. The Morgan fingerprint density at radius 2 is 2.15 bits per heavy atom. The molecule has 0 fully saturated rings. The monoisotopic (exact) mass is 299 g/mol. The third-order valence-electron chi connectivity index (χ3n) is 3.27. The molecular formula is C13H17NO5S. The fourth-order valence-corrected chi connectivity index (χ4v) is 3.72. The Morgan fingerprint density at radius 3 is 2.85 bits per heavy atom. The fraction of sp³-hybridized carbons (Fsp3) is 0.462. The molecule has 0 radical (unpaired) electrons. The normalized spacial score (nSPS) is 19.1. The van der Waals surface area contributed by atoms with Gasteiger partial charge in [0.25, 0.3) is 0 Å². The Kier molecular flexibility index (Phi) is 4.29. The Morgan fingerprint density at radius 1 is 1.45 bits per heavy atom. The molecule has 0 saturated carbocycles. The largest absolute Gasteiger partial charge is 0.468 e. The Labute approximate surface area is 118 Å². The number of aliphatic hydroxyl groups excluding tert-OH is 1. The van der Waals surface area contributed by atoms with E-state index in [2.05, 4.69) is 4.74 Å². The minimum atomic E-state index is -3.81. The molecule has 1 heterocycles. The van der Waals surface area contributed by atoms with E-state index in [4.69, 9.17) is 0 Å². The summed E-state index contributed by atoms with van der Waals surface area (Å²) in [7, 11) is -2.66. The van der Waals surface area contributed by atoms with Crippen molar-refractivity contribution in [2.24, 2.45) is 0 Å². The van der Waals surface area contributed by atoms with Gasteiger partial charge in [0.1, 0.15) is 0 Å². The number of sulfonamides is 1. The van der Waals surface area contributed by atoms with E-state index in [0.717, 1.165) is 7.11 Å². The minimum absolute atomic E-state index is 0.243. The van der Waals surface area contributed by atoms with Crippen LogP contribution in [0.2, 0.25) is 0 Å². The van der Waals surface area contributed by atoms with E-state index in [1.165, 1.54) is 4.31 Å². The number of anilines is 1. The molecule has 1 unspecified atom stereocenters. The molecule has 0 amide bonds. The van der Waals surface area contributed by atoms with Crippen LogP contribution in [0.15, 0.2) is 24.3 Å². The molecule has 2 rings (SSSR count). The zero-order valence-electron chi connectivity index (χ0n) is 11.2. The molecule has 1 N–H and O–H groups in total. The lowest BCUT2D eigenvalue weighted by Crippen LogP contribution is -2.36. The number of benzene rings is 1. The second kappa shape index (κ2) is 5.80. The number of methoxy groups -OCH3 is 1. The van der Waals surface area contributed by atoms with Crippen molar-refractivity contribution in [1.82, 2.24) is 0 Å². The standard InChI is InChI=1S/C13H17NO5S/c1-19-13(16)9-20(17,18)14-8-4-7-12(15)10-5-2-3-6-11(10)14/h2-3,5-6,12,15H,4,7-9H2,1H3. The smallest absolute Gasteiger partial charge is 0.322 e. The number of para-hydroxylation sites is 1. The number of nitrogens with zero attached hydrogens (tertiary/aromatic N) is 1. The van der Waals surface area contributed by atoms with Crippen LogP contribution in [0.3, 0.4) is 0 Å². The van der Waals surface area contributed by atoms with Gasteiger partial charge in [-0.05, 0) is 18.9 Å². The summed E-state index contributed by atoms with van der Waals surface area (Å²) in [6.45, 7) is 0.243. The summed E-state index contributed by atoms with van der Waals surface area (Å²) in [5, 5.41) is 10.0. The van der Waals surface area contributed by atoms with Gasteiger partial charge < -0.3 is 9.84 Å². The van der Waals surface area contributed by atoms with Crippen molar-refractivity contribution in [3.63, 3.8) is 0 Å². The maximum absolute atomic E-state index is 12.3. The van der Waals surface area contributed by atoms with Crippen LogP contribution in [0.5, 0.6) is 0 Å². The molecule has 110 valence electrons. The zero-order valence-corrected chi connectivity index (χ0v) is 12.0. The summed E-state index contributed by atoms with van der Waals surface area (Å²) in [6.07, 6.45) is 0.321. The SMILES string of the molecule is COC(=O)CS(=O)(=O)N1CCCC(O)c2ccccc21. The molecule has 20 heavy (non-hydrogen) atoms. The molecular weight excluding hydrogens is 282 g/mol. The number of rotatable bonds is 3. The highest BCUT2D eigenvalue weighted by Crippen LogP contribution is 2.34. The summed E-state index contributed by atoms with van der Waals surface area (Å²) < 4.78 is 30.3. The van der Waals surface area contributed by atoms with Gasteiger partial charge in [-0.25, -0.2) is 8.42 Å². The molecule has 1 aromatic carbocycles. The number of aliphatic hydroxyl groups is 1. The van der Waals surface area contributed by atoms with Crippen LogP contribution in [-0.2, 0) is 19.6 Å². The van der Waals surface area contributed by atoms with Crippen LogP contribution in [-0.4, -0.2) is 38.9 Å². The van der Waals surface area contributed by atoms with Gasteiger partial charge in [-0.15, -0.1) is 0 Å². The number of carbonyl (C=O) groups excluding carboxylic acids is 1. The fourth-order valence-electron chi connectivity index (χ4n) is 2.28. The van der Waals surface area contributed by atoms with Crippen LogP contribution in [0, 0.1) is 0 Å². The highest BCUT2D eigenvalue weighted by Gasteiger charge is 2.30. The topological polar surface area (TPSA) is 83.9 Å². The third-order valence-corrected chi connectivity index (χ3v) is 4.92. The Bertz CT molecular complexity index is 599. The van der Waals surface area contributed by atoms with Gasteiger partial charge in [0, 0.05) is 12.1 Å². The molecule has 0 saturated heterocycles. The van der Waals surface area contributed by atoms with E-state index < -0.39 is 27.8 Å². The number of ether oxygens (including phenoxy) is 1. The van der Waals surface area contributed by atoms with E-state index >= 15 is 0 Å². The van der Waals surface area contributed by atoms with Crippen molar-refractivity contribution in [3.05, 3.63) is 29.8 Å². The first-order valence-electron chi connectivity index (χ1n) is 6.30. The first-order valence-corrected chi connectivity index (χ1v) is 7.91. The van der Waals surface area contributed by atoms with Crippen molar-refractivity contribution < 1.29 is 23.1 Å². The van der Waals surface area contributed by atoms with Gasteiger partial charge in [0.15, 0.2) is 5.75 Å². The van der Waals surface area contributed by atoms with Gasteiger partial charge >= 0.3 is 5.97 Å². The minimum Gasteiger partial charge on any atom is -0.468 e. The summed E-state index contributed by atoms with van der Waals surface area (Å²) in [4.78, 5) is 11.3. The summed E-state index contributed by atoms with van der Waals surface area (Å²) in [6, 6.07) is 6.79. The lowest BCUT2D eigenvalue weighted by molar-refractivity contribution is -0.137. The van der Waals surface area contributed by atoms with E-state index in [-0.39, 0.29) is 6.54 Å². The predicted octanol–water partition coefficient (Wildman–Crippen LogP) is 0.823. The lowest BCUT2D eigenvalue weighted by atomic mass is 10.1. The average molecular weight is 299 g/mol. The maximum atomic E-state index is 12.3. The van der Waals surface area contributed by atoms with Gasteiger partial charge in [-0.1, -0.05) is 18.2 Å². The van der Waals surface area contributed by atoms with Crippen molar-refractivity contribution in [1.29, 1.82) is 0 Å². The number of carbonyl (C=O) groups is 1. The van der Waals surface area contributed by atoms with E-state index in [1.807, 2.05) is 0 Å². The van der Waals surface area contributed by atoms with Crippen molar-refractivity contribution in [3.8, 4) is 0 Å². The molecule has 1 aliphatic rings. The first kappa shape index (κ1) is 14.8. The first-order chi connectivity index (χ1) is 9.45. The predicted molar refractivity (Wildman–Crippen MR) is 73.8 cm³/mol. The van der Waals surface area contributed by atoms with Gasteiger partial charge in [0.05, 0.1) is 18.9 Å². The highest BCUT2D eigenvalue weighted by atomic mass is 32.2.